The minimum absolute atomic E-state index is 0.140. The number of nitrogens with zero attached hydrogens (tertiary/aromatic N) is 3. The summed E-state index contributed by atoms with van der Waals surface area (Å²) in [4.78, 5) is 22.2. The number of carbonyl (C=O) groups excluding carboxylic acids is 1. The Balaban J connectivity index is 2.02. The van der Waals surface area contributed by atoms with Crippen LogP contribution in [-0.4, -0.2) is 47.0 Å². The molecule has 0 spiro atoms. The Morgan fingerprint density at radius 2 is 2.33 bits per heavy atom. The maximum absolute atomic E-state index is 12.0. The fourth-order valence-electron chi connectivity index (χ4n) is 2.25. The molecule has 1 aliphatic heterocycles. The number of nitrogen functional groups attached to an aromatic ring is 1. The van der Waals surface area contributed by atoms with Crippen molar-refractivity contribution in [3.63, 3.8) is 0 Å². The molecular weight excluding hydrogens is 230 g/mol. The van der Waals surface area contributed by atoms with Gasteiger partial charge in [-0.15, -0.1) is 0 Å². The fraction of sp³-hybridized carbons (Fsp3) is 0.583. The van der Waals surface area contributed by atoms with Gasteiger partial charge >= 0.3 is 0 Å². The van der Waals surface area contributed by atoms with Crippen LogP contribution in [0.25, 0.3) is 0 Å². The zero-order valence-electron chi connectivity index (χ0n) is 10.8. The Bertz CT molecular complexity index is 428. The summed E-state index contributed by atoms with van der Waals surface area (Å²) in [6.07, 6.45) is 2.11. The van der Waals surface area contributed by atoms with Crippen LogP contribution in [-0.2, 0) is 0 Å². The number of nitrogens with two attached hydrogens (primary N) is 1. The van der Waals surface area contributed by atoms with Crippen molar-refractivity contribution in [2.24, 2.45) is 0 Å². The highest BCUT2D eigenvalue weighted by Crippen LogP contribution is 2.09. The number of anilines is 1. The molecule has 0 aliphatic carbocycles. The Labute approximate surface area is 107 Å². The summed E-state index contributed by atoms with van der Waals surface area (Å²) >= 11 is 0. The average molecular weight is 249 g/mol. The van der Waals surface area contributed by atoms with Gasteiger partial charge in [-0.3, -0.25) is 4.79 Å². The molecule has 2 rings (SSSR count). The molecule has 1 saturated heterocycles. The summed E-state index contributed by atoms with van der Waals surface area (Å²) in [6.45, 7) is 3.76. The molecule has 18 heavy (non-hydrogen) atoms. The first-order valence-corrected chi connectivity index (χ1v) is 6.15. The standard InChI is InChI=1S/C12H19N5O/c1-8-6-10(16-12(13)14-8)11(18)15-9-4-3-5-17(2)7-9/h6,9H,3-5,7H2,1-2H3,(H,15,18)(H2,13,14,16). The number of likely N-dealkylation sites (tertiary alicyclic amines) is 1. The number of hydrogen-bond donors (Lipinski definition) is 2. The van der Waals surface area contributed by atoms with Gasteiger partial charge in [-0.1, -0.05) is 0 Å². The van der Waals surface area contributed by atoms with E-state index in [1.54, 1.807) is 13.0 Å². The lowest BCUT2D eigenvalue weighted by molar-refractivity contribution is 0.0907. The van der Waals surface area contributed by atoms with Crippen LogP contribution in [0.5, 0.6) is 0 Å². The molecule has 1 aromatic heterocycles. The van der Waals surface area contributed by atoms with Gasteiger partial charge in [0.05, 0.1) is 0 Å². The number of carbonyl (C=O) groups is 1. The third-order valence-corrected chi connectivity index (χ3v) is 3.06. The first kappa shape index (κ1) is 12.8. The van der Waals surface area contributed by atoms with E-state index >= 15 is 0 Å². The normalized spacial score (nSPS) is 20.7. The smallest absolute Gasteiger partial charge is 0.270 e. The minimum atomic E-state index is -0.174. The van der Waals surface area contributed by atoms with Crippen LogP contribution in [0.3, 0.4) is 0 Å². The van der Waals surface area contributed by atoms with E-state index in [1.165, 1.54) is 0 Å². The van der Waals surface area contributed by atoms with Gasteiger partial charge in [0.25, 0.3) is 5.91 Å². The zero-order valence-corrected chi connectivity index (χ0v) is 10.8. The van der Waals surface area contributed by atoms with E-state index in [0.29, 0.717) is 11.4 Å². The number of hydrogen-bond acceptors (Lipinski definition) is 5. The summed E-state index contributed by atoms with van der Waals surface area (Å²) in [6, 6.07) is 1.84. The molecule has 1 atom stereocenters. The van der Waals surface area contributed by atoms with Crippen LogP contribution in [0.2, 0.25) is 0 Å². The van der Waals surface area contributed by atoms with E-state index in [1.807, 2.05) is 0 Å². The van der Waals surface area contributed by atoms with Crippen molar-refractivity contribution in [2.45, 2.75) is 25.8 Å². The molecular formula is C12H19N5O. The summed E-state index contributed by atoms with van der Waals surface area (Å²) in [7, 11) is 2.06. The molecule has 1 unspecified atom stereocenters. The molecule has 6 nitrogen and oxygen atoms in total. The molecule has 0 bridgehead atoms. The Hall–Kier alpha value is -1.69. The van der Waals surface area contributed by atoms with Crippen molar-refractivity contribution < 1.29 is 4.79 Å². The number of aryl methyl sites for hydroxylation is 1. The van der Waals surface area contributed by atoms with Crippen molar-refractivity contribution in [1.29, 1.82) is 0 Å². The van der Waals surface area contributed by atoms with Crippen molar-refractivity contribution in [3.05, 3.63) is 17.5 Å². The fourth-order valence-corrected chi connectivity index (χ4v) is 2.25. The van der Waals surface area contributed by atoms with Crippen LogP contribution in [0.15, 0.2) is 6.07 Å². The van der Waals surface area contributed by atoms with Crippen LogP contribution in [0.4, 0.5) is 5.95 Å². The second-order valence-corrected chi connectivity index (χ2v) is 4.83. The molecule has 6 heteroatoms. The topological polar surface area (TPSA) is 84.1 Å². The number of amides is 1. The lowest BCUT2D eigenvalue weighted by Crippen LogP contribution is -2.46. The first-order chi connectivity index (χ1) is 8.54. The molecule has 2 heterocycles. The number of nitrogens with one attached hydrogen (secondary N) is 1. The molecule has 0 aromatic carbocycles. The van der Waals surface area contributed by atoms with Gasteiger partial charge in [0.2, 0.25) is 5.95 Å². The van der Waals surface area contributed by atoms with Gasteiger partial charge in [0.1, 0.15) is 5.69 Å². The molecule has 1 aromatic rings. The number of aromatic nitrogens is 2. The molecule has 1 fully saturated rings. The van der Waals surface area contributed by atoms with Crippen molar-refractivity contribution in [2.75, 3.05) is 25.9 Å². The van der Waals surface area contributed by atoms with Gasteiger partial charge in [0, 0.05) is 18.3 Å². The van der Waals surface area contributed by atoms with E-state index in [4.69, 9.17) is 5.73 Å². The zero-order chi connectivity index (χ0) is 13.1. The van der Waals surface area contributed by atoms with Crippen LogP contribution in [0.1, 0.15) is 29.0 Å². The van der Waals surface area contributed by atoms with Gasteiger partial charge in [-0.05, 0) is 39.4 Å². The second kappa shape index (κ2) is 5.30. The number of rotatable bonds is 2. The van der Waals surface area contributed by atoms with Crippen molar-refractivity contribution in [3.8, 4) is 0 Å². The van der Waals surface area contributed by atoms with E-state index in [0.717, 1.165) is 25.9 Å². The Kier molecular flexibility index (Phi) is 3.76. The van der Waals surface area contributed by atoms with Gasteiger partial charge < -0.3 is 16.0 Å². The van der Waals surface area contributed by atoms with Crippen molar-refractivity contribution in [1.82, 2.24) is 20.2 Å². The minimum Gasteiger partial charge on any atom is -0.368 e. The molecule has 0 radical (unpaired) electrons. The second-order valence-electron chi connectivity index (χ2n) is 4.83. The van der Waals surface area contributed by atoms with E-state index < -0.39 is 0 Å². The van der Waals surface area contributed by atoms with Crippen LogP contribution in [0, 0.1) is 6.92 Å². The monoisotopic (exact) mass is 249 g/mol. The Morgan fingerprint density at radius 1 is 1.56 bits per heavy atom. The summed E-state index contributed by atoms with van der Waals surface area (Å²) in [5, 5.41) is 2.99. The quantitative estimate of drug-likeness (QED) is 0.781. The predicted molar refractivity (Wildman–Crippen MR) is 69.2 cm³/mol. The average Bonchev–Trinajstić information content (AvgIpc) is 2.27. The largest absolute Gasteiger partial charge is 0.368 e. The SMILES string of the molecule is Cc1cc(C(=O)NC2CCCN(C)C2)nc(N)n1. The van der Waals surface area contributed by atoms with Gasteiger partial charge in [-0.25, -0.2) is 9.97 Å². The highest BCUT2D eigenvalue weighted by atomic mass is 16.1. The molecule has 1 amide bonds. The molecule has 3 N–H and O–H groups in total. The number of likely N-dealkylation sites (N-methyl/N-ethyl adjacent to an activating group) is 1. The van der Waals surface area contributed by atoms with Crippen molar-refractivity contribution >= 4 is 11.9 Å². The van der Waals surface area contributed by atoms with Crippen LogP contribution >= 0.6 is 0 Å². The first-order valence-electron chi connectivity index (χ1n) is 6.15. The number of piperidine rings is 1. The van der Waals surface area contributed by atoms with Crippen LogP contribution < -0.4 is 11.1 Å². The highest BCUT2D eigenvalue weighted by molar-refractivity contribution is 5.92. The van der Waals surface area contributed by atoms with Gasteiger partial charge in [-0.2, -0.15) is 0 Å². The predicted octanol–water partition coefficient (Wildman–Crippen LogP) is 0.191. The Morgan fingerprint density at radius 3 is 3.00 bits per heavy atom. The van der Waals surface area contributed by atoms with E-state index in [-0.39, 0.29) is 17.9 Å². The highest BCUT2D eigenvalue weighted by Gasteiger charge is 2.20. The lowest BCUT2D eigenvalue weighted by Gasteiger charge is -2.30. The molecule has 98 valence electrons. The maximum atomic E-state index is 12.0. The van der Waals surface area contributed by atoms with E-state index in [2.05, 4.69) is 27.2 Å². The summed E-state index contributed by atoms with van der Waals surface area (Å²) < 4.78 is 0. The third kappa shape index (κ3) is 3.16. The molecule has 0 saturated carbocycles. The maximum Gasteiger partial charge on any atom is 0.270 e. The lowest BCUT2D eigenvalue weighted by atomic mass is 10.1. The summed E-state index contributed by atoms with van der Waals surface area (Å²) in [5.41, 5.74) is 6.59. The third-order valence-electron chi connectivity index (χ3n) is 3.06. The van der Waals surface area contributed by atoms with Gasteiger partial charge in [0.15, 0.2) is 0 Å². The molecule has 1 aliphatic rings. The summed E-state index contributed by atoms with van der Waals surface area (Å²) in [5.74, 6) is -0.0339. The van der Waals surface area contributed by atoms with E-state index in [9.17, 15) is 4.79 Å².